The van der Waals surface area contributed by atoms with E-state index in [1.54, 1.807) is 19.1 Å². The molecule has 0 bridgehead atoms. The summed E-state index contributed by atoms with van der Waals surface area (Å²) in [5, 5.41) is 5.66. The third-order valence-electron chi connectivity index (χ3n) is 2.38. The van der Waals surface area contributed by atoms with Gasteiger partial charge in [0.05, 0.1) is 5.69 Å². The summed E-state index contributed by atoms with van der Waals surface area (Å²) < 4.78 is 14.3. The van der Waals surface area contributed by atoms with E-state index in [0.717, 1.165) is 4.47 Å². The van der Waals surface area contributed by atoms with Gasteiger partial charge in [0.15, 0.2) is 0 Å². The minimum Gasteiger partial charge on any atom is -0.371 e. The van der Waals surface area contributed by atoms with Gasteiger partial charge < -0.3 is 10.6 Å². The predicted octanol–water partition coefficient (Wildman–Crippen LogP) is 3.16. The summed E-state index contributed by atoms with van der Waals surface area (Å²) in [6.07, 6.45) is 0. The Morgan fingerprint density at radius 3 is 2.67 bits per heavy atom. The summed E-state index contributed by atoms with van der Waals surface area (Å²) in [7, 11) is 0. The van der Waals surface area contributed by atoms with E-state index in [-0.39, 0.29) is 11.7 Å². The van der Waals surface area contributed by atoms with Crippen molar-refractivity contribution < 1.29 is 9.18 Å². The summed E-state index contributed by atoms with van der Waals surface area (Å²) in [6.45, 7) is 6.36. The number of hydrogen-bond acceptors (Lipinski definition) is 2. The molecule has 0 heterocycles. The van der Waals surface area contributed by atoms with Gasteiger partial charge in [-0.1, -0.05) is 29.8 Å². The number of carbonyl (C=O) groups excluding carboxylic acids is 1. The number of anilines is 1. The summed E-state index contributed by atoms with van der Waals surface area (Å²) >= 11 is 3.27. The van der Waals surface area contributed by atoms with Gasteiger partial charge >= 0.3 is 0 Å². The van der Waals surface area contributed by atoms with E-state index in [4.69, 9.17) is 0 Å². The van der Waals surface area contributed by atoms with E-state index in [9.17, 15) is 9.18 Å². The van der Waals surface area contributed by atoms with Gasteiger partial charge in [-0.05, 0) is 31.0 Å². The van der Waals surface area contributed by atoms with Gasteiger partial charge in [-0.3, -0.25) is 4.79 Å². The summed E-state index contributed by atoms with van der Waals surface area (Å²) in [5.41, 5.74) is 0.316. The molecule has 0 spiro atoms. The lowest BCUT2D eigenvalue weighted by Gasteiger charge is -2.16. The lowest BCUT2D eigenvalue weighted by molar-refractivity contribution is -0.121. The smallest absolute Gasteiger partial charge is 0.242 e. The molecule has 5 heteroatoms. The molecule has 100 valence electrons. The second-order valence-corrected chi connectivity index (χ2v) is 5.54. The number of hydrogen-bond donors (Lipinski definition) is 2. The Hall–Kier alpha value is -1.10. The zero-order valence-corrected chi connectivity index (χ0v) is 12.3. The molecule has 1 amide bonds. The van der Waals surface area contributed by atoms with Crippen LogP contribution in [0, 0.1) is 11.7 Å². The quantitative estimate of drug-likeness (QED) is 0.876. The Bertz CT molecular complexity index is 423. The third kappa shape index (κ3) is 4.64. The minimum absolute atomic E-state index is 0.136. The SMILES string of the molecule is CC(C)CNC(=O)C(C)Nc1cc(Br)ccc1F. The number of amides is 1. The topological polar surface area (TPSA) is 41.1 Å². The molecule has 3 nitrogen and oxygen atoms in total. The molecule has 1 unspecified atom stereocenters. The maximum absolute atomic E-state index is 13.5. The maximum Gasteiger partial charge on any atom is 0.242 e. The van der Waals surface area contributed by atoms with Crippen LogP contribution in [0.5, 0.6) is 0 Å². The average molecular weight is 317 g/mol. The standard InChI is InChI=1S/C13H18BrFN2O/c1-8(2)7-16-13(18)9(3)17-12-6-10(14)4-5-11(12)15/h4-6,8-9,17H,7H2,1-3H3,(H,16,18). The second kappa shape index (κ2) is 6.73. The molecule has 0 aliphatic rings. The van der Waals surface area contributed by atoms with E-state index < -0.39 is 6.04 Å². The summed E-state index contributed by atoms with van der Waals surface area (Å²) in [5.74, 6) is -0.117. The van der Waals surface area contributed by atoms with Gasteiger partial charge in [0.25, 0.3) is 0 Å². The Labute approximate surface area is 115 Å². The second-order valence-electron chi connectivity index (χ2n) is 4.63. The molecule has 1 aromatic carbocycles. The lowest BCUT2D eigenvalue weighted by atomic mass is 10.2. The van der Waals surface area contributed by atoms with Crippen molar-refractivity contribution in [1.29, 1.82) is 0 Å². The molecular formula is C13H18BrFN2O. The van der Waals surface area contributed by atoms with Crippen molar-refractivity contribution in [1.82, 2.24) is 5.32 Å². The van der Waals surface area contributed by atoms with Crippen LogP contribution in [0.1, 0.15) is 20.8 Å². The van der Waals surface area contributed by atoms with Crippen LogP contribution in [0.25, 0.3) is 0 Å². The molecule has 1 aromatic rings. The molecule has 1 atom stereocenters. The predicted molar refractivity (Wildman–Crippen MR) is 75.0 cm³/mol. The molecule has 18 heavy (non-hydrogen) atoms. The van der Waals surface area contributed by atoms with E-state index in [1.807, 2.05) is 13.8 Å². The average Bonchev–Trinajstić information content (AvgIpc) is 2.30. The van der Waals surface area contributed by atoms with Crippen LogP contribution in [0.3, 0.4) is 0 Å². The Morgan fingerprint density at radius 2 is 2.06 bits per heavy atom. The Morgan fingerprint density at radius 1 is 1.39 bits per heavy atom. The monoisotopic (exact) mass is 316 g/mol. The van der Waals surface area contributed by atoms with Gasteiger partial charge in [0.1, 0.15) is 11.9 Å². The van der Waals surface area contributed by atoms with Crippen LogP contribution in [-0.4, -0.2) is 18.5 Å². The third-order valence-corrected chi connectivity index (χ3v) is 2.87. The molecular weight excluding hydrogens is 299 g/mol. The van der Waals surface area contributed by atoms with Crippen molar-refractivity contribution in [2.75, 3.05) is 11.9 Å². The first kappa shape index (κ1) is 15.0. The van der Waals surface area contributed by atoms with Crippen LogP contribution in [0.4, 0.5) is 10.1 Å². The summed E-state index contributed by atoms with van der Waals surface area (Å²) in [6, 6.07) is 4.10. The fourth-order valence-electron chi connectivity index (χ4n) is 1.36. The van der Waals surface area contributed by atoms with Gasteiger partial charge in [-0.25, -0.2) is 4.39 Å². The highest BCUT2D eigenvalue weighted by Gasteiger charge is 2.14. The highest BCUT2D eigenvalue weighted by Crippen LogP contribution is 2.20. The fourth-order valence-corrected chi connectivity index (χ4v) is 1.73. The lowest BCUT2D eigenvalue weighted by Crippen LogP contribution is -2.39. The number of rotatable bonds is 5. The van der Waals surface area contributed by atoms with Crippen molar-refractivity contribution in [2.45, 2.75) is 26.8 Å². The number of benzene rings is 1. The molecule has 0 aromatic heterocycles. The molecule has 2 N–H and O–H groups in total. The molecule has 0 aliphatic heterocycles. The molecule has 0 saturated heterocycles. The first-order valence-corrected chi connectivity index (χ1v) is 6.68. The van der Waals surface area contributed by atoms with Crippen LogP contribution >= 0.6 is 15.9 Å². The van der Waals surface area contributed by atoms with Crippen LogP contribution in [0.15, 0.2) is 22.7 Å². The normalized spacial score (nSPS) is 12.3. The van der Waals surface area contributed by atoms with Gasteiger partial charge in [-0.2, -0.15) is 0 Å². The van der Waals surface area contributed by atoms with Crippen molar-refractivity contribution in [3.63, 3.8) is 0 Å². The van der Waals surface area contributed by atoms with Crippen molar-refractivity contribution >= 4 is 27.5 Å². The molecule has 0 fully saturated rings. The maximum atomic E-state index is 13.5. The zero-order chi connectivity index (χ0) is 13.7. The van der Waals surface area contributed by atoms with E-state index in [1.165, 1.54) is 6.07 Å². The first-order valence-electron chi connectivity index (χ1n) is 5.89. The fraction of sp³-hybridized carbons (Fsp3) is 0.462. The van der Waals surface area contributed by atoms with Crippen molar-refractivity contribution in [3.05, 3.63) is 28.5 Å². The van der Waals surface area contributed by atoms with Crippen molar-refractivity contribution in [3.8, 4) is 0 Å². The molecule has 0 radical (unpaired) electrons. The van der Waals surface area contributed by atoms with E-state index in [0.29, 0.717) is 18.2 Å². The minimum atomic E-state index is -0.479. The molecule has 1 rings (SSSR count). The van der Waals surface area contributed by atoms with Gasteiger partial charge in [0, 0.05) is 11.0 Å². The number of halogens is 2. The van der Waals surface area contributed by atoms with Crippen LogP contribution in [-0.2, 0) is 4.79 Å². The highest BCUT2D eigenvalue weighted by molar-refractivity contribution is 9.10. The van der Waals surface area contributed by atoms with Crippen LogP contribution < -0.4 is 10.6 Å². The Kier molecular flexibility index (Phi) is 5.59. The zero-order valence-electron chi connectivity index (χ0n) is 10.8. The Balaban J connectivity index is 2.60. The first-order chi connectivity index (χ1) is 8.40. The largest absolute Gasteiger partial charge is 0.371 e. The van der Waals surface area contributed by atoms with Gasteiger partial charge in [0.2, 0.25) is 5.91 Å². The van der Waals surface area contributed by atoms with E-state index >= 15 is 0 Å². The van der Waals surface area contributed by atoms with Crippen LogP contribution in [0.2, 0.25) is 0 Å². The van der Waals surface area contributed by atoms with Crippen molar-refractivity contribution in [2.24, 2.45) is 5.92 Å². The van der Waals surface area contributed by atoms with E-state index in [2.05, 4.69) is 26.6 Å². The summed E-state index contributed by atoms with van der Waals surface area (Å²) in [4.78, 5) is 11.7. The van der Waals surface area contributed by atoms with Gasteiger partial charge in [-0.15, -0.1) is 0 Å². The number of nitrogens with one attached hydrogen (secondary N) is 2. The highest BCUT2D eigenvalue weighted by atomic mass is 79.9. The molecule has 0 saturated carbocycles. The molecule has 0 aliphatic carbocycles. The number of carbonyl (C=O) groups is 1.